The maximum Gasteiger partial charge on any atom is 0.416 e. The molecule has 35 heavy (non-hydrogen) atoms. The van der Waals surface area contributed by atoms with Gasteiger partial charge in [-0.25, -0.2) is 4.98 Å². The molecule has 0 radical (unpaired) electrons. The first-order valence-corrected chi connectivity index (χ1v) is 10.6. The molecule has 0 aliphatic heterocycles. The standard InChI is InChI=1S/C23H20F3N9/c1-34-18(8-10-30-34)31-22-32-20(28-12-16-3-2-9-27-11-16)19-21(33-22)35(14-29-19)13-15-4-6-17(7-5-15)23(24,25)26/h2-11,14H,12-13H2,1H3,(H2,28,31,32,33). The van der Waals surface area contributed by atoms with Crippen LogP contribution < -0.4 is 10.6 Å². The number of imidazole rings is 1. The van der Waals surface area contributed by atoms with Crippen LogP contribution in [-0.2, 0) is 26.3 Å². The summed E-state index contributed by atoms with van der Waals surface area (Å²) in [5.41, 5.74) is 2.02. The first kappa shape index (κ1) is 22.3. The van der Waals surface area contributed by atoms with E-state index in [1.165, 1.54) is 12.1 Å². The number of fused-ring (bicyclic) bond motifs is 1. The van der Waals surface area contributed by atoms with Crippen LogP contribution in [0.4, 0.5) is 30.8 Å². The van der Waals surface area contributed by atoms with Crippen molar-refractivity contribution in [3.63, 3.8) is 0 Å². The highest BCUT2D eigenvalue weighted by Gasteiger charge is 2.30. The van der Waals surface area contributed by atoms with Gasteiger partial charge in [0.05, 0.1) is 24.6 Å². The summed E-state index contributed by atoms with van der Waals surface area (Å²) in [5.74, 6) is 1.52. The number of hydrogen-bond acceptors (Lipinski definition) is 7. The second kappa shape index (κ2) is 9.05. The highest BCUT2D eigenvalue weighted by atomic mass is 19.4. The van der Waals surface area contributed by atoms with Crippen molar-refractivity contribution in [2.24, 2.45) is 7.05 Å². The molecule has 9 nitrogen and oxygen atoms in total. The number of alkyl halides is 3. The molecular formula is C23H20F3N9. The molecule has 0 aliphatic carbocycles. The van der Waals surface area contributed by atoms with E-state index in [2.05, 4.69) is 35.7 Å². The zero-order chi connectivity index (χ0) is 24.4. The average molecular weight is 479 g/mol. The molecule has 0 atom stereocenters. The molecule has 0 saturated heterocycles. The minimum atomic E-state index is -4.38. The van der Waals surface area contributed by atoms with Crippen LogP contribution in [0.1, 0.15) is 16.7 Å². The summed E-state index contributed by atoms with van der Waals surface area (Å²) in [4.78, 5) is 17.8. The van der Waals surface area contributed by atoms with Gasteiger partial charge < -0.3 is 15.2 Å². The van der Waals surface area contributed by atoms with Gasteiger partial charge in [0.1, 0.15) is 5.82 Å². The lowest BCUT2D eigenvalue weighted by Gasteiger charge is -2.11. The van der Waals surface area contributed by atoms with E-state index in [4.69, 9.17) is 0 Å². The van der Waals surface area contributed by atoms with E-state index in [1.807, 2.05) is 12.1 Å². The van der Waals surface area contributed by atoms with Gasteiger partial charge in [-0.3, -0.25) is 9.67 Å². The SMILES string of the molecule is Cn1nccc1Nc1nc(NCc2cccnc2)c2ncn(Cc3ccc(C(F)(F)F)cc3)c2n1. The summed E-state index contributed by atoms with van der Waals surface area (Å²) in [6.45, 7) is 0.760. The Labute approximate surface area is 197 Å². The molecule has 12 heteroatoms. The van der Waals surface area contributed by atoms with E-state index < -0.39 is 11.7 Å². The minimum Gasteiger partial charge on any atom is -0.364 e. The van der Waals surface area contributed by atoms with Crippen LogP contribution in [0.25, 0.3) is 11.2 Å². The third kappa shape index (κ3) is 4.90. The minimum absolute atomic E-state index is 0.291. The average Bonchev–Trinajstić information content (AvgIpc) is 3.44. The molecule has 4 heterocycles. The fraction of sp³-hybridized carbons (Fsp3) is 0.174. The van der Waals surface area contributed by atoms with E-state index in [9.17, 15) is 13.2 Å². The monoisotopic (exact) mass is 479 g/mol. The smallest absolute Gasteiger partial charge is 0.364 e. The Hall–Kier alpha value is -4.48. The lowest BCUT2D eigenvalue weighted by atomic mass is 10.1. The largest absolute Gasteiger partial charge is 0.416 e. The van der Waals surface area contributed by atoms with E-state index in [-0.39, 0.29) is 0 Å². The number of rotatable bonds is 7. The summed E-state index contributed by atoms with van der Waals surface area (Å²) >= 11 is 0. The fourth-order valence-electron chi connectivity index (χ4n) is 3.53. The van der Waals surface area contributed by atoms with Gasteiger partial charge in [-0.15, -0.1) is 0 Å². The van der Waals surface area contributed by atoms with Gasteiger partial charge in [-0.05, 0) is 29.3 Å². The molecule has 2 N–H and O–H groups in total. The Balaban J connectivity index is 1.49. The molecule has 5 rings (SSSR count). The van der Waals surface area contributed by atoms with Crippen LogP contribution in [0.15, 0.2) is 67.4 Å². The third-order valence-corrected chi connectivity index (χ3v) is 5.34. The van der Waals surface area contributed by atoms with Crippen molar-refractivity contribution >= 4 is 28.7 Å². The third-order valence-electron chi connectivity index (χ3n) is 5.34. The summed E-state index contributed by atoms with van der Waals surface area (Å²) in [6.07, 6.45) is 2.32. The molecule has 0 unspecified atom stereocenters. The van der Waals surface area contributed by atoms with Crippen LogP contribution in [0, 0.1) is 0 Å². The normalized spacial score (nSPS) is 11.7. The van der Waals surface area contributed by atoms with Gasteiger partial charge in [0.15, 0.2) is 17.0 Å². The van der Waals surface area contributed by atoms with E-state index in [1.54, 1.807) is 47.3 Å². The molecule has 1 aromatic carbocycles. The van der Waals surface area contributed by atoms with E-state index in [0.29, 0.717) is 47.4 Å². The van der Waals surface area contributed by atoms with Gasteiger partial charge in [-0.1, -0.05) is 18.2 Å². The predicted octanol–water partition coefficient (Wildman–Crippen LogP) is 4.38. The topological polar surface area (TPSA) is 98.4 Å². The summed E-state index contributed by atoms with van der Waals surface area (Å²) in [5, 5.41) is 10.6. The molecule has 0 amide bonds. The highest BCUT2D eigenvalue weighted by molar-refractivity contribution is 5.84. The van der Waals surface area contributed by atoms with Crippen LogP contribution in [-0.4, -0.2) is 34.3 Å². The summed E-state index contributed by atoms with van der Waals surface area (Å²) in [7, 11) is 1.79. The Morgan fingerprint density at radius 3 is 2.49 bits per heavy atom. The van der Waals surface area contributed by atoms with Crippen molar-refractivity contribution in [1.29, 1.82) is 0 Å². The molecule has 0 fully saturated rings. The number of halogens is 3. The van der Waals surface area contributed by atoms with Crippen molar-refractivity contribution in [2.45, 2.75) is 19.3 Å². The number of pyridine rings is 1. The number of nitrogens with zero attached hydrogens (tertiary/aromatic N) is 7. The quantitative estimate of drug-likeness (QED) is 0.358. The van der Waals surface area contributed by atoms with Crippen molar-refractivity contribution in [1.82, 2.24) is 34.3 Å². The van der Waals surface area contributed by atoms with Gasteiger partial charge >= 0.3 is 6.18 Å². The summed E-state index contributed by atoms with van der Waals surface area (Å²) in [6, 6.07) is 10.6. The van der Waals surface area contributed by atoms with Gasteiger partial charge in [-0.2, -0.15) is 28.2 Å². The number of aryl methyl sites for hydroxylation is 1. The summed E-state index contributed by atoms with van der Waals surface area (Å²) < 4.78 is 42.2. The molecule has 4 aromatic heterocycles. The lowest BCUT2D eigenvalue weighted by molar-refractivity contribution is -0.137. The predicted molar refractivity (Wildman–Crippen MR) is 124 cm³/mol. The fourth-order valence-corrected chi connectivity index (χ4v) is 3.53. The number of benzene rings is 1. The lowest BCUT2D eigenvalue weighted by Crippen LogP contribution is -2.09. The Morgan fingerprint density at radius 1 is 0.971 bits per heavy atom. The van der Waals surface area contributed by atoms with Crippen LogP contribution in [0.5, 0.6) is 0 Å². The van der Waals surface area contributed by atoms with Crippen molar-refractivity contribution in [2.75, 3.05) is 10.6 Å². The van der Waals surface area contributed by atoms with E-state index >= 15 is 0 Å². The van der Waals surface area contributed by atoms with Crippen LogP contribution >= 0.6 is 0 Å². The van der Waals surface area contributed by atoms with Gasteiger partial charge in [0, 0.05) is 32.1 Å². The van der Waals surface area contributed by atoms with Gasteiger partial charge in [0.25, 0.3) is 0 Å². The zero-order valence-electron chi connectivity index (χ0n) is 18.5. The van der Waals surface area contributed by atoms with Crippen molar-refractivity contribution < 1.29 is 13.2 Å². The number of aromatic nitrogens is 7. The van der Waals surface area contributed by atoms with Crippen molar-refractivity contribution in [3.05, 3.63) is 84.1 Å². The molecular weight excluding hydrogens is 459 g/mol. The van der Waals surface area contributed by atoms with Gasteiger partial charge in [0.2, 0.25) is 5.95 Å². The second-order valence-corrected chi connectivity index (χ2v) is 7.82. The first-order chi connectivity index (χ1) is 16.9. The number of nitrogens with one attached hydrogen (secondary N) is 2. The number of hydrogen-bond donors (Lipinski definition) is 2. The van der Waals surface area contributed by atoms with Crippen molar-refractivity contribution in [3.8, 4) is 0 Å². The molecule has 0 saturated carbocycles. The number of anilines is 3. The Kier molecular flexibility index (Phi) is 5.77. The molecule has 0 spiro atoms. The maximum atomic E-state index is 12.9. The van der Waals surface area contributed by atoms with E-state index in [0.717, 1.165) is 17.7 Å². The molecule has 178 valence electrons. The molecule has 0 aliphatic rings. The first-order valence-electron chi connectivity index (χ1n) is 10.6. The van der Waals surface area contributed by atoms with Crippen LogP contribution in [0.3, 0.4) is 0 Å². The Morgan fingerprint density at radius 2 is 1.80 bits per heavy atom. The zero-order valence-corrected chi connectivity index (χ0v) is 18.5. The molecule has 5 aromatic rings. The Bertz CT molecular complexity index is 1440. The maximum absolute atomic E-state index is 12.9. The second-order valence-electron chi connectivity index (χ2n) is 7.82. The molecule has 0 bridgehead atoms. The highest BCUT2D eigenvalue weighted by Crippen LogP contribution is 2.29. The van der Waals surface area contributed by atoms with Crippen LogP contribution in [0.2, 0.25) is 0 Å².